The van der Waals surface area contributed by atoms with Crippen molar-refractivity contribution in [2.45, 2.75) is 40.3 Å². The van der Waals surface area contributed by atoms with E-state index >= 15 is 0 Å². The molecule has 19 heavy (non-hydrogen) atoms. The maximum Gasteiger partial charge on any atom is 0.309 e. The lowest BCUT2D eigenvalue weighted by molar-refractivity contribution is -0.145. The van der Waals surface area contributed by atoms with E-state index in [4.69, 9.17) is 4.74 Å². The second kappa shape index (κ2) is 7.28. The largest absolute Gasteiger partial charge is 0.469 e. The lowest BCUT2D eigenvalue weighted by Crippen LogP contribution is -2.29. The first-order valence-corrected chi connectivity index (χ1v) is 6.83. The van der Waals surface area contributed by atoms with Gasteiger partial charge in [-0.2, -0.15) is 5.10 Å². The molecule has 1 aromatic heterocycles. The molecule has 0 radical (unpaired) electrons. The van der Waals surface area contributed by atoms with Crippen LogP contribution in [0.5, 0.6) is 0 Å². The molecule has 0 aliphatic heterocycles. The Hall–Kier alpha value is -1.36. The molecule has 0 saturated carbocycles. The molecule has 0 aromatic carbocycles. The summed E-state index contributed by atoms with van der Waals surface area (Å²) in [5.41, 5.74) is 2.31. The van der Waals surface area contributed by atoms with Gasteiger partial charge in [-0.05, 0) is 26.5 Å². The minimum atomic E-state index is -0.162. The van der Waals surface area contributed by atoms with Crippen molar-refractivity contribution in [1.29, 1.82) is 0 Å². The molecule has 0 aliphatic carbocycles. The number of hydrogen-bond donors (Lipinski definition) is 0. The van der Waals surface area contributed by atoms with Crippen molar-refractivity contribution in [3.05, 3.63) is 17.5 Å². The van der Waals surface area contributed by atoms with Crippen molar-refractivity contribution in [2.24, 2.45) is 5.92 Å². The topological polar surface area (TPSA) is 47.4 Å². The highest BCUT2D eigenvalue weighted by Gasteiger charge is 2.16. The van der Waals surface area contributed by atoms with Crippen LogP contribution in [0.15, 0.2) is 6.07 Å². The number of methoxy groups -OCH3 is 1. The molecule has 1 aromatic rings. The van der Waals surface area contributed by atoms with E-state index in [1.165, 1.54) is 12.8 Å². The van der Waals surface area contributed by atoms with Gasteiger partial charge in [-0.25, -0.2) is 0 Å². The molecule has 0 N–H and O–H groups in total. The Morgan fingerprint density at radius 2 is 2.21 bits per heavy atom. The number of hydrogen-bond acceptors (Lipinski definition) is 4. The zero-order valence-electron chi connectivity index (χ0n) is 12.6. The lowest BCUT2D eigenvalue weighted by atomic mass is 10.1. The molecular formula is C14H25N3O2. The van der Waals surface area contributed by atoms with Crippen molar-refractivity contribution in [3.8, 4) is 0 Å². The molecule has 0 spiro atoms. The van der Waals surface area contributed by atoms with E-state index in [-0.39, 0.29) is 11.9 Å². The molecule has 0 aliphatic rings. The highest BCUT2D eigenvalue weighted by molar-refractivity contribution is 5.72. The fraction of sp³-hybridized carbons (Fsp3) is 0.714. The Kier molecular flexibility index (Phi) is 6.02. The highest BCUT2D eigenvalue weighted by Crippen LogP contribution is 2.10. The zero-order chi connectivity index (χ0) is 14.4. The SMILES string of the molecule is CCc1cc(CN(C)CC(C)C(=O)OC)n(CC)n1. The third kappa shape index (κ3) is 4.35. The Morgan fingerprint density at radius 3 is 2.74 bits per heavy atom. The summed E-state index contributed by atoms with van der Waals surface area (Å²) in [6, 6.07) is 2.14. The minimum Gasteiger partial charge on any atom is -0.469 e. The molecule has 5 nitrogen and oxygen atoms in total. The molecule has 0 amide bonds. The van der Waals surface area contributed by atoms with Crippen molar-refractivity contribution < 1.29 is 9.53 Å². The summed E-state index contributed by atoms with van der Waals surface area (Å²) in [7, 11) is 3.44. The van der Waals surface area contributed by atoms with Gasteiger partial charge in [-0.15, -0.1) is 0 Å². The van der Waals surface area contributed by atoms with Crippen LogP contribution in [0.2, 0.25) is 0 Å². The van der Waals surface area contributed by atoms with Gasteiger partial charge in [0.15, 0.2) is 0 Å². The first kappa shape index (κ1) is 15.7. The average Bonchev–Trinajstić information content (AvgIpc) is 2.79. The van der Waals surface area contributed by atoms with Gasteiger partial charge >= 0.3 is 5.97 Å². The maximum atomic E-state index is 11.4. The van der Waals surface area contributed by atoms with E-state index in [9.17, 15) is 4.79 Å². The lowest BCUT2D eigenvalue weighted by Gasteiger charge is -2.20. The van der Waals surface area contributed by atoms with Crippen LogP contribution in [0.25, 0.3) is 0 Å². The predicted octanol–water partition coefficient (Wildman–Crippen LogP) is 1.71. The summed E-state index contributed by atoms with van der Waals surface area (Å²) in [4.78, 5) is 13.5. The fourth-order valence-electron chi connectivity index (χ4n) is 2.17. The molecule has 5 heteroatoms. The number of aromatic nitrogens is 2. The van der Waals surface area contributed by atoms with E-state index < -0.39 is 0 Å². The standard InChI is InChI=1S/C14H25N3O2/c1-6-12-8-13(17(7-2)15-12)10-16(4)9-11(3)14(18)19-5/h8,11H,6-7,9-10H2,1-5H3. The molecule has 0 saturated heterocycles. The van der Waals surface area contributed by atoms with Gasteiger partial charge in [0, 0.05) is 19.6 Å². The van der Waals surface area contributed by atoms with Crippen LogP contribution < -0.4 is 0 Å². The molecule has 1 atom stereocenters. The van der Waals surface area contributed by atoms with E-state index in [1.807, 2.05) is 18.7 Å². The van der Waals surface area contributed by atoms with Gasteiger partial charge in [0.1, 0.15) is 0 Å². The molecule has 0 fully saturated rings. The van der Waals surface area contributed by atoms with Crippen LogP contribution in [-0.4, -0.2) is 41.4 Å². The van der Waals surface area contributed by atoms with Crippen LogP contribution in [0.4, 0.5) is 0 Å². The minimum absolute atomic E-state index is 0.112. The van der Waals surface area contributed by atoms with Crippen molar-refractivity contribution in [2.75, 3.05) is 20.7 Å². The monoisotopic (exact) mass is 267 g/mol. The molecule has 1 rings (SSSR count). The number of aryl methyl sites for hydroxylation is 2. The van der Waals surface area contributed by atoms with Gasteiger partial charge in [-0.1, -0.05) is 13.8 Å². The second-order valence-corrected chi connectivity index (χ2v) is 4.92. The van der Waals surface area contributed by atoms with Crippen molar-refractivity contribution in [1.82, 2.24) is 14.7 Å². The second-order valence-electron chi connectivity index (χ2n) is 4.92. The quantitative estimate of drug-likeness (QED) is 0.706. The predicted molar refractivity (Wildman–Crippen MR) is 74.8 cm³/mol. The fourth-order valence-corrected chi connectivity index (χ4v) is 2.17. The van der Waals surface area contributed by atoms with Crippen LogP contribution in [0.3, 0.4) is 0 Å². The van der Waals surface area contributed by atoms with Gasteiger partial charge < -0.3 is 4.74 Å². The molecule has 1 unspecified atom stereocenters. The van der Waals surface area contributed by atoms with Crippen molar-refractivity contribution >= 4 is 5.97 Å². The summed E-state index contributed by atoms with van der Waals surface area (Å²) < 4.78 is 6.77. The number of nitrogens with zero attached hydrogens (tertiary/aromatic N) is 3. The Balaban J connectivity index is 2.63. The zero-order valence-corrected chi connectivity index (χ0v) is 12.6. The van der Waals surface area contributed by atoms with E-state index in [0.29, 0.717) is 6.54 Å². The van der Waals surface area contributed by atoms with E-state index in [1.54, 1.807) is 0 Å². The molecule has 1 heterocycles. The van der Waals surface area contributed by atoms with Gasteiger partial charge in [0.05, 0.1) is 24.4 Å². The normalized spacial score (nSPS) is 12.7. The third-order valence-corrected chi connectivity index (χ3v) is 3.20. The first-order chi connectivity index (χ1) is 9.01. The van der Waals surface area contributed by atoms with Gasteiger partial charge in [0.2, 0.25) is 0 Å². The van der Waals surface area contributed by atoms with Crippen LogP contribution in [-0.2, 0) is 29.0 Å². The number of carbonyl (C=O) groups excluding carboxylic acids is 1. The Labute approximate surface area is 115 Å². The molecular weight excluding hydrogens is 242 g/mol. The van der Waals surface area contributed by atoms with E-state index in [2.05, 4.69) is 29.9 Å². The summed E-state index contributed by atoms with van der Waals surface area (Å²) in [6.07, 6.45) is 0.947. The highest BCUT2D eigenvalue weighted by atomic mass is 16.5. The third-order valence-electron chi connectivity index (χ3n) is 3.20. The maximum absolute atomic E-state index is 11.4. The van der Waals surface area contributed by atoms with Crippen LogP contribution in [0, 0.1) is 5.92 Å². The number of carbonyl (C=O) groups is 1. The Morgan fingerprint density at radius 1 is 1.53 bits per heavy atom. The summed E-state index contributed by atoms with van der Waals surface area (Å²) >= 11 is 0. The summed E-state index contributed by atoms with van der Waals surface area (Å²) in [5, 5.41) is 4.53. The summed E-state index contributed by atoms with van der Waals surface area (Å²) in [6.45, 7) is 8.43. The first-order valence-electron chi connectivity index (χ1n) is 6.83. The molecule has 0 bridgehead atoms. The number of ether oxygens (including phenoxy) is 1. The number of esters is 1. The smallest absolute Gasteiger partial charge is 0.309 e. The summed E-state index contributed by atoms with van der Waals surface area (Å²) in [5.74, 6) is -0.274. The average molecular weight is 267 g/mol. The van der Waals surface area contributed by atoms with Crippen LogP contribution >= 0.6 is 0 Å². The van der Waals surface area contributed by atoms with E-state index in [0.717, 1.165) is 25.2 Å². The molecule has 108 valence electrons. The van der Waals surface area contributed by atoms with Crippen molar-refractivity contribution in [3.63, 3.8) is 0 Å². The number of rotatable bonds is 7. The Bertz CT molecular complexity index is 415. The van der Waals surface area contributed by atoms with Gasteiger partial charge in [0.25, 0.3) is 0 Å². The van der Waals surface area contributed by atoms with Gasteiger partial charge in [-0.3, -0.25) is 14.4 Å². The van der Waals surface area contributed by atoms with Crippen LogP contribution in [0.1, 0.15) is 32.2 Å².